The van der Waals surface area contributed by atoms with Gasteiger partial charge in [0.1, 0.15) is 12.1 Å². The van der Waals surface area contributed by atoms with Crippen LogP contribution in [0.2, 0.25) is 0 Å². The molecule has 0 aromatic heterocycles. The molecule has 0 spiro atoms. The Bertz CT molecular complexity index is 490. The number of hydrogen-bond donors (Lipinski definition) is 2. The normalized spacial score (nSPS) is 11.7. The quantitative estimate of drug-likeness (QED) is 0.896. The van der Waals surface area contributed by atoms with E-state index in [4.69, 9.17) is 4.74 Å². The molecule has 5 nitrogen and oxygen atoms in total. The Morgan fingerprint density at radius 3 is 2.10 bits per heavy atom. The minimum atomic E-state index is -1.04. The van der Waals surface area contributed by atoms with Crippen LogP contribution in [-0.4, -0.2) is 23.1 Å². The number of ether oxygens (including phenoxy) is 1. The molecule has 0 atom stereocenters. The molecule has 0 radical (unpaired) electrons. The van der Waals surface area contributed by atoms with Crippen LogP contribution in [0, 0.1) is 0 Å². The molecule has 0 saturated carbocycles. The molecular weight excluding hydrogens is 268 g/mol. The molecule has 2 N–H and O–H groups in total. The van der Waals surface area contributed by atoms with Gasteiger partial charge in [0.25, 0.3) is 0 Å². The predicted octanol–water partition coefficient (Wildman–Crippen LogP) is 2.61. The van der Waals surface area contributed by atoms with Gasteiger partial charge in [0.05, 0.1) is 0 Å². The summed E-state index contributed by atoms with van der Waals surface area (Å²) in [5.41, 5.74) is -0.505. The second-order valence-electron chi connectivity index (χ2n) is 6.52. The highest BCUT2D eigenvalue weighted by atomic mass is 16.5. The van der Waals surface area contributed by atoms with Gasteiger partial charge in [-0.05, 0) is 40.2 Å². The van der Waals surface area contributed by atoms with Crippen molar-refractivity contribution in [3.63, 3.8) is 0 Å². The van der Waals surface area contributed by atoms with Crippen molar-refractivity contribution in [2.45, 2.75) is 52.3 Å². The minimum absolute atomic E-state index is 0.170. The van der Waals surface area contributed by atoms with Crippen LogP contribution in [0.15, 0.2) is 30.3 Å². The van der Waals surface area contributed by atoms with E-state index in [-0.39, 0.29) is 18.1 Å². The number of carbonyl (C=O) groups excluding carboxylic acids is 2. The summed E-state index contributed by atoms with van der Waals surface area (Å²) in [5, 5.41) is 5.41. The Hall–Kier alpha value is -2.04. The maximum atomic E-state index is 12.1. The second kappa shape index (κ2) is 6.61. The zero-order valence-corrected chi connectivity index (χ0v) is 13.3. The zero-order valence-electron chi connectivity index (χ0n) is 13.3. The molecule has 0 fully saturated rings. The molecule has 0 aliphatic heterocycles. The van der Waals surface area contributed by atoms with Crippen molar-refractivity contribution in [2.75, 3.05) is 0 Å². The van der Waals surface area contributed by atoms with Crippen LogP contribution in [0.1, 0.15) is 40.2 Å². The van der Waals surface area contributed by atoms with E-state index in [9.17, 15) is 9.59 Å². The number of amides is 2. The van der Waals surface area contributed by atoms with Crippen molar-refractivity contribution >= 4 is 12.0 Å². The first-order valence-electron chi connectivity index (χ1n) is 6.92. The van der Waals surface area contributed by atoms with Gasteiger partial charge in [-0.25, -0.2) is 4.79 Å². The second-order valence-corrected chi connectivity index (χ2v) is 6.52. The molecule has 21 heavy (non-hydrogen) atoms. The molecule has 0 saturated heterocycles. The first kappa shape index (κ1) is 17.0. The SMILES string of the molecule is CC(C)(C)NC(=O)C(C)(C)NC(=O)OCc1ccccc1. The van der Waals surface area contributed by atoms with Gasteiger partial charge in [0.2, 0.25) is 5.91 Å². The lowest BCUT2D eigenvalue weighted by Crippen LogP contribution is -2.58. The number of nitrogens with one attached hydrogen (secondary N) is 2. The molecule has 1 rings (SSSR count). The van der Waals surface area contributed by atoms with Crippen molar-refractivity contribution in [1.29, 1.82) is 0 Å². The summed E-state index contributed by atoms with van der Waals surface area (Å²) in [6, 6.07) is 9.37. The number of alkyl carbamates (subject to hydrolysis) is 1. The summed E-state index contributed by atoms with van der Waals surface area (Å²) < 4.78 is 5.11. The summed E-state index contributed by atoms with van der Waals surface area (Å²) in [6.07, 6.45) is -0.618. The molecule has 0 heterocycles. The highest BCUT2D eigenvalue weighted by Gasteiger charge is 2.32. The number of carbonyl (C=O) groups is 2. The van der Waals surface area contributed by atoms with Crippen molar-refractivity contribution in [2.24, 2.45) is 0 Å². The summed E-state index contributed by atoms with van der Waals surface area (Å²) >= 11 is 0. The zero-order chi connectivity index (χ0) is 16.1. The van der Waals surface area contributed by atoms with Gasteiger partial charge in [-0.1, -0.05) is 30.3 Å². The van der Waals surface area contributed by atoms with Crippen LogP contribution in [-0.2, 0) is 16.1 Å². The van der Waals surface area contributed by atoms with E-state index in [0.717, 1.165) is 5.56 Å². The van der Waals surface area contributed by atoms with Gasteiger partial charge < -0.3 is 15.4 Å². The van der Waals surface area contributed by atoms with Gasteiger partial charge >= 0.3 is 6.09 Å². The summed E-state index contributed by atoms with van der Waals surface area (Å²) in [4.78, 5) is 23.9. The predicted molar refractivity (Wildman–Crippen MR) is 81.7 cm³/mol. The van der Waals surface area contributed by atoms with Crippen LogP contribution in [0.3, 0.4) is 0 Å². The lowest BCUT2D eigenvalue weighted by Gasteiger charge is -2.29. The van der Waals surface area contributed by atoms with Crippen LogP contribution in [0.4, 0.5) is 4.79 Å². The average Bonchev–Trinajstić information content (AvgIpc) is 2.35. The molecule has 2 amide bonds. The fourth-order valence-corrected chi connectivity index (χ4v) is 1.57. The number of hydrogen-bond acceptors (Lipinski definition) is 3. The number of benzene rings is 1. The van der Waals surface area contributed by atoms with Crippen molar-refractivity contribution in [3.8, 4) is 0 Å². The third-order valence-electron chi connectivity index (χ3n) is 2.68. The van der Waals surface area contributed by atoms with Gasteiger partial charge in [-0.3, -0.25) is 4.79 Å². The molecule has 5 heteroatoms. The Balaban J connectivity index is 2.50. The highest BCUT2D eigenvalue weighted by molar-refractivity contribution is 5.89. The Morgan fingerprint density at radius 1 is 1.00 bits per heavy atom. The van der Waals surface area contributed by atoms with E-state index in [0.29, 0.717) is 0 Å². The average molecular weight is 292 g/mol. The summed E-state index contributed by atoms with van der Waals surface area (Å²) in [6.45, 7) is 9.09. The van der Waals surface area contributed by atoms with Crippen LogP contribution in [0.25, 0.3) is 0 Å². The van der Waals surface area contributed by atoms with Crippen LogP contribution in [0.5, 0.6) is 0 Å². The molecule has 1 aromatic carbocycles. The van der Waals surface area contributed by atoms with E-state index < -0.39 is 11.6 Å². The van der Waals surface area contributed by atoms with E-state index in [1.807, 2.05) is 51.1 Å². The molecule has 0 bridgehead atoms. The monoisotopic (exact) mass is 292 g/mol. The van der Waals surface area contributed by atoms with Gasteiger partial charge in [0.15, 0.2) is 0 Å². The number of rotatable bonds is 4. The maximum Gasteiger partial charge on any atom is 0.408 e. The third-order valence-corrected chi connectivity index (χ3v) is 2.68. The highest BCUT2D eigenvalue weighted by Crippen LogP contribution is 2.08. The molecule has 1 aromatic rings. The van der Waals surface area contributed by atoms with Crippen molar-refractivity contribution in [3.05, 3.63) is 35.9 Å². The van der Waals surface area contributed by atoms with Gasteiger partial charge in [-0.2, -0.15) is 0 Å². The van der Waals surface area contributed by atoms with Crippen LogP contribution >= 0.6 is 0 Å². The van der Waals surface area contributed by atoms with E-state index in [1.165, 1.54) is 0 Å². The minimum Gasteiger partial charge on any atom is -0.445 e. The topological polar surface area (TPSA) is 67.4 Å². The van der Waals surface area contributed by atoms with E-state index >= 15 is 0 Å². The third kappa shape index (κ3) is 6.29. The Labute approximate surface area is 126 Å². The maximum absolute atomic E-state index is 12.1. The molecule has 116 valence electrons. The van der Waals surface area contributed by atoms with E-state index in [2.05, 4.69) is 10.6 Å². The molecule has 0 unspecified atom stereocenters. The standard InChI is InChI=1S/C16H24N2O3/c1-15(2,3)17-13(19)16(4,5)18-14(20)21-11-12-9-7-6-8-10-12/h6-10H,11H2,1-5H3,(H,17,19)(H,18,20). The van der Waals surface area contributed by atoms with Gasteiger partial charge in [-0.15, -0.1) is 0 Å². The summed E-state index contributed by atoms with van der Waals surface area (Å²) in [5.74, 6) is -0.258. The Morgan fingerprint density at radius 2 is 1.57 bits per heavy atom. The lowest BCUT2D eigenvalue weighted by molar-refractivity contribution is -0.127. The first-order valence-corrected chi connectivity index (χ1v) is 6.92. The Kier molecular flexibility index (Phi) is 5.35. The summed E-state index contributed by atoms with van der Waals surface area (Å²) in [7, 11) is 0. The van der Waals surface area contributed by atoms with Crippen LogP contribution < -0.4 is 10.6 Å². The van der Waals surface area contributed by atoms with Crippen molar-refractivity contribution < 1.29 is 14.3 Å². The molecule has 0 aliphatic rings. The van der Waals surface area contributed by atoms with Gasteiger partial charge in [0, 0.05) is 5.54 Å². The molecular formula is C16H24N2O3. The smallest absolute Gasteiger partial charge is 0.408 e. The molecule has 0 aliphatic carbocycles. The largest absolute Gasteiger partial charge is 0.445 e. The fourth-order valence-electron chi connectivity index (χ4n) is 1.57. The fraction of sp³-hybridized carbons (Fsp3) is 0.500. The van der Waals surface area contributed by atoms with Crippen molar-refractivity contribution in [1.82, 2.24) is 10.6 Å². The van der Waals surface area contributed by atoms with E-state index in [1.54, 1.807) is 13.8 Å². The lowest BCUT2D eigenvalue weighted by atomic mass is 10.0. The first-order chi connectivity index (χ1) is 9.60.